The van der Waals surface area contributed by atoms with E-state index in [2.05, 4.69) is 4.98 Å². The van der Waals surface area contributed by atoms with Gasteiger partial charge in [0.25, 0.3) is 0 Å². The first kappa shape index (κ1) is 12.4. The Bertz CT molecular complexity index is 594. The van der Waals surface area contributed by atoms with Crippen LogP contribution in [0.1, 0.15) is 35.3 Å². The van der Waals surface area contributed by atoms with E-state index in [0.717, 1.165) is 35.2 Å². The lowest BCUT2D eigenvalue weighted by Gasteiger charge is -2.22. The molecular formula is C16H21N2O+. The highest BCUT2D eigenvalue weighted by Gasteiger charge is 2.22. The molecule has 1 aromatic carbocycles. The van der Waals surface area contributed by atoms with Crippen LogP contribution in [0.3, 0.4) is 0 Å². The van der Waals surface area contributed by atoms with Crippen molar-refractivity contribution in [3.8, 4) is 0 Å². The Kier molecular flexibility index (Phi) is 3.38. The summed E-state index contributed by atoms with van der Waals surface area (Å²) in [5.74, 6) is 0.284. The van der Waals surface area contributed by atoms with Crippen molar-refractivity contribution in [2.45, 2.75) is 26.2 Å². The molecule has 1 aromatic heterocycles. The first-order chi connectivity index (χ1) is 9.25. The summed E-state index contributed by atoms with van der Waals surface area (Å²) in [7, 11) is 0. The summed E-state index contributed by atoms with van der Waals surface area (Å²) in [6.07, 6.45) is 3.84. The number of aromatic amines is 1. The summed E-state index contributed by atoms with van der Waals surface area (Å²) in [6.45, 7) is 4.93. The molecule has 3 rings (SSSR count). The standard InChI is InChI=1S/C16H20N2O/c1-12-16(13-7-3-4-8-14(13)17-12)15(19)11-18-9-5-2-6-10-18/h3-4,7-8,17H,2,5-6,9-11H2,1H3/p+1. The summed E-state index contributed by atoms with van der Waals surface area (Å²) in [4.78, 5) is 17.3. The SMILES string of the molecule is Cc1[nH]c2ccccc2c1C(=O)C[NH+]1CCCCC1. The number of Topliss-reactive ketones (excluding diaryl/α,β-unsaturated/α-hetero) is 1. The number of nitrogens with one attached hydrogen (secondary N) is 2. The van der Waals surface area contributed by atoms with E-state index in [0.29, 0.717) is 6.54 Å². The number of ketones is 1. The molecule has 0 aliphatic carbocycles. The van der Waals surface area contributed by atoms with Crippen LogP contribution in [-0.4, -0.2) is 30.4 Å². The molecule has 0 radical (unpaired) electrons. The minimum absolute atomic E-state index is 0.284. The van der Waals surface area contributed by atoms with Gasteiger partial charge in [0.05, 0.1) is 18.7 Å². The molecule has 0 bridgehead atoms. The predicted molar refractivity (Wildman–Crippen MR) is 76.8 cm³/mol. The summed E-state index contributed by atoms with van der Waals surface area (Å²) < 4.78 is 0. The summed E-state index contributed by atoms with van der Waals surface area (Å²) in [5, 5.41) is 1.07. The van der Waals surface area contributed by atoms with E-state index in [4.69, 9.17) is 0 Å². The quantitative estimate of drug-likeness (QED) is 0.807. The van der Waals surface area contributed by atoms with Crippen LogP contribution < -0.4 is 4.90 Å². The van der Waals surface area contributed by atoms with E-state index in [1.807, 2.05) is 31.2 Å². The van der Waals surface area contributed by atoms with Gasteiger partial charge in [0.1, 0.15) is 6.54 Å². The van der Waals surface area contributed by atoms with E-state index in [1.54, 1.807) is 0 Å². The molecule has 1 saturated heterocycles. The molecule has 3 nitrogen and oxygen atoms in total. The Morgan fingerprint density at radius 2 is 1.95 bits per heavy atom. The van der Waals surface area contributed by atoms with Crippen LogP contribution in [-0.2, 0) is 0 Å². The van der Waals surface area contributed by atoms with Crippen LogP contribution in [0.2, 0.25) is 0 Å². The molecule has 2 aromatic rings. The molecule has 1 fully saturated rings. The lowest BCUT2D eigenvalue weighted by Crippen LogP contribution is -3.13. The van der Waals surface area contributed by atoms with Gasteiger partial charge in [-0.05, 0) is 32.3 Å². The van der Waals surface area contributed by atoms with Gasteiger partial charge in [-0.25, -0.2) is 0 Å². The van der Waals surface area contributed by atoms with Gasteiger partial charge < -0.3 is 9.88 Å². The number of aromatic nitrogens is 1. The van der Waals surface area contributed by atoms with E-state index in [9.17, 15) is 4.79 Å². The molecule has 0 unspecified atom stereocenters. The van der Waals surface area contributed by atoms with Crippen molar-refractivity contribution in [3.05, 3.63) is 35.5 Å². The number of carbonyl (C=O) groups excluding carboxylic acids is 1. The molecule has 2 N–H and O–H groups in total. The average Bonchev–Trinajstić information content (AvgIpc) is 2.75. The largest absolute Gasteiger partial charge is 0.358 e. The monoisotopic (exact) mass is 257 g/mol. The second-order valence-electron chi connectivity index (χ2n) is 5.58. The smallest absolute Gasteiger partial charge is 0.219 e. The second kappa shape index (κ2) is 5.17. The van der Waals surface area contributed by atoms with Gasteiger partial charge in [-0.15, -0.1) is 0 Å². The molecule has 2 heterocycles. The Labute approximate surface area is 113 Å². The maximum Gasteiger partial charge on any atom is 0.219 e. The maximum atomic E-state index is 12.6. The highest BCUT2D eigenvalue weighted by molar-refractivity contribution is 6.09. The average molecular weight is 257 g/mol. The first-order valence-corrected chi connectivity index (χ1v) is 7.20. The topological polar surface area (TPSA) is 37.3 Å². The maximum absolute atomic E-state index is 12.6. The normalized spacial score (nSPS) is 16.9. The Morgan fingerprint density at radius 1 is 1.21 bits per heavy atom. The van der Waals surface area contributed by atoms with Gasteiger partial charge in [0, 0.05) is 16.6 Å². The minimum Gasteiger partial charge on any atom is -0.358 e. The van der Waals surface area contributed by atoms with Crippen molar-refractivity contribution in [1.82, 2.24) is 4.98 Å². The zero-order valence-electron chi connectivity index (χ0n) is 11.5. The van der Waals surface area contributed by atoms with E-state index < -0.39 is 0 Å². The lowest BCUT2D eigenvalue weighted by molar-refractivity contribution is -0.896. The molecule has 0 saturated carbocycles. The number of likely N-dealkylation sites (tertiary alicyclic amines) is 1. The Morgan fingerprint density at radius 3 is 2.74 bits per heavy atom. The fraction of sp³-hybridized carbons (Fsp3) is 0.438. The fourth-order valence-corrected chi connectivity index (χ4v) is 3.18. The summed E-state index contributed by atoms with van der Waals surface area (Å²) >= 11 is 0. The van der Waals surface area contributed by atoms with Crippen molar-refractivity contribution in [2.75, 3.05) is 19.6 Å². The number of hydrogen-bond acceptors (Lipinski definition) is 1. The molecule has 0 atom stereocenters. The number of aryl methyl sites for hydroxylation is 1. The minimum atomic E-state index is 0.284. The van der Waals surface area contributed by atoms with Crippen molar-refractivity contribution in [1.29, 1.82) is 0 Å². The molecule has 19 heavy (non-hydrogen) atoms. The molecule has 0 spiro atoms. The number of quaternary nitrogens is 1. The van der Waals surface area contributed by atoms with Gasteiger partial charge in [0.15, 0.2) is 0 Å². The number of piperidine rings is 1. The number of rotatable bonds is 3. The van der Waals surface area contributed by atoms with Gasteiger partial charge in [-0.1, -0.05) is 18.2 Å². The Hall–Kier alpha value is -1.61. The number of carbonyl (C=O) groups is 1. The van der Waals surface area contributed by atoms with Crippen LogP contribution in [0.15, 0.2) is 24.3 Å². The fourth-order valence-electron chi connectivity index (χ4n) is 3.18. The number of para-hydroxylation sites is 1. The number of fused-ring (bicyclic) bond motifs is 1. The first-order valence-electron chi connectivity index (χ1n) is 7.20. The van der Waals surface area contributed by atoms with Crippen molar-refractivity contribution in [3.63, 3.8) is 0 Å². The molecule has 1 aliphatic heterocycles. The van der Waals surface area contributed by atoms with Crippen molar-refractivity contribution >= 4 is 16.7 Å². The van der Waals surface area contributed by atoms with Gasteiger partial charge in [0.2, 0.25) is 5.78 Å². The van der Waals surface area contributed by atoms with E-state index >= 15 is 0 Å². The van der Waals surface area contributed by atoms with Crippen molar-refractivity contribution in [2.24, 2.45) is 0 Å². The third kappa shape index (κ3) is 2.43. The number of H-pyrrole nitrogens is 1. The Balaban J connectivity index is 1.86. The van der Waals surface area contributed by atoms with Crippen LogP contribution in [0.4, 0.5) is 0 Å². The molecule has 1 aliphatic rings. The summed E-state index contributed by atoms with van der Waals surface area (Å²) in [6, 6.07) is 8.08. The third-order valence-corrected chi connectivity index (χ3v) is 4.14. The summed E-state index contributed by atoms with van der Waals surface area (Å²) in [5.41, 5.74) is 2.97. The third-order valence-electron chi connectivity index (χ3n) is 4.14. The predicted octanol–water partition coefficient (Wildman–Crippen LogP) is 1.73. The lowest BCUT2D eigenvalue weighted by atomic mass is 10.0. The van der Waals surface area contributed by atoms with Crippen molar-refractivity contribution < 1.29 is 9.69 Å². The molecular weight excluding hydrogens is 236 g/mol. The highest BCUT2D eigenvalue weighted by Crippen LogP contribution is 2.21. The zero-order valence-corrected chi connectivity index (χ0v) is 11.5. The molecule has 0 amide bonds. The van der Waals surface area contributed by atoms with Crippen LogP contribution in [0.5, 0.6) is 0 Å². The molecule has 3 heteroatoms. The van der Waals surface area contributed by atoms with Gasteiger partial charge in [-0.3, -0.25) is 4.79 Å². The van der Waals surface area contributed by atoms with E-state index in [-0.39, 0.29) is 5.78 Å². The van der Waals surface area contributed by atoms with Crippen LogP contribution in [0, 0.1) is 6.92 Å². The number of benzene rings is 1. The highest BCUT2D eigenvalue weighted by atomic mass is 16.1. The number of hydrogen-bond donors (Lipinski definition) is 2. The van der Waals surface area contributed by atoms with Gasteiger partial charge in [-0.2, -0.15) is 0 Å². The van der Waals surface area contributed by atoms with E-state index in [1.165, 1.54) is 24.2 Å². The van der Waals surface area contributed by atoms with Gasteiger partial charge >= 0.3 is 0 Å². The zero-order chi connectivity index (χ0) is 13.2. The second-order valence-corrected chi connectivity index (χ2v) is 5.58. The van der Waals surface area contributed by atoms with Crippen LogP contribution >= 0.6 is 0 Å². The molecule has 100 valence electrons. The van der Waals surface area contributed by atoms with Crippen LogP contribution in [0.25, 0.3) is 10.9 Å².